The van der Waals surface area contributed by atoms with Crippen LogP contribution in [0, 0.1) is 0 Å². The molecule has 1 N–H and O–H groups in total. The fraction of sp³-hybridized carbons (Fsp3) is 0.308. The van der Waals surface area contributed by atoms with E-state index in [1.165, 1.54) is 15.9 Å². The Balaban J connectivity index is 1.88. The topological polar surface area (TPSA) is 110 Å². The zero-order valence-corrected chi connectivity index (χ0v) is 11.5. The average molecular weight is 303 g/mol. The number of carbonyl (C=O) groups is 2. The number of ether oxygens (including phenoxy) is 1. The van der Waals surface area contributed by atoms with Crippen LogP contribution >= 0.6 is 0 Å². The molecule has 1 aromatic heterocycles. The minimum Gasteiger partial charge on any atom is -0.479 e. The number of amides is 1. The molecule has 1 fully saturated rings. The number of aromatic nitrogens is 4. The maximum atomic E-state index is 12.7. The molecule has 9 nitrogen and oxygen atoms in total. The lowest BCUT2D eigenvalue weighted by Crippen LogP contribution is -2.48. The van der Waals surface area contributed by atoms with Gasteiger partial charge in [-0.1, -0.05) is 12.1 Å². The van der Waals surface area contributed by atoms with Crippen molar-refractivity contribution in [2.75, 3.05) is 19.7 Å². The van der Waals surface area contributed by atoms with Gasteiger partial charge in [-0.3, -0.25) is 4.79 Å². The summed E-state index contributed by atoms with van der Waals surface area (Å²) in [7, 11) is 0. The van der Waals surface area contributed by atoms with Crippen LogP contribution in [0.1, 0.15) is 10.4 Å². The first kappa shape index (κ1) is 14.1. The molecule has 22 heavy (non-hydrogen) atoms. The predicted molar refractivity (Wildman–Crippen MR) is 72.4 cm³/mol. The smallest absolute Gasteiger partial charge is 0.334 e. The second kappa shape index (κ2) is 5.90. The summed E-state index contributed by atoms with van der Waals surface area (Å²) in [5, 5.41) is 19.9. The number of rotatable bonds is 3. The van der Waals surface area contributed by atoms with Gasteiger partial charge in [0.25, 0.3) is 5.91 Å². The third kappa shape index (κ3) is 2.66. The number of hydrogen-bond donors (Lipinski definition) is 1. The van der Waals surface area contributed by atoms with Crippen molar-refractivity contribution < 1.29 is 19.4 Å². The highest BCUT2D eigenvalue weighted by Gasteiger charge is 2.30. The Kier molecular flexibility index (Phi) is 3.79. The zero-order chi connectivity index (χ0) is 15.5. The van der Waals surface area contributed by atoms with Gasteiger partial charge >= 0.3 is 5.97 Å². The van der Waals surface area contributed by atoms with Crippen molar-refractivity contribution in [3.8, 4) is 5.69 Å². The second-order valence-electron chi connectivity index (χ2n) is 4.72. The van der Waals surface area contributed by atoms with Gasteiger partial charge in [0.2, 0.25) is 0 Å². The first-order valence-electron chi connectivity index (χ1n) is 6.63. The van der Waals surface area contributed by atoms with E-state index < -0.39 is 12.1 Å². The summed E-state index contributed by atoms with van der Waals surface area (Å²) >= 11 is 0. The number of nitrogens with zero attached hydrogens (tertiary/aromatic N) is 5. The number of aliphatic carboxylic acids is 1. The molecule has 1 unspecified atom stereocenters. The number of tetrazole rings is 1. The predicted octanol–water partition coefficient (Wildman–Crippen LogP) is -0.412. The average Bonchev–Trinajstić information content (AvgIpc) is 3.08. The molecule has 1 saturated heterocycles. The number of para-hydroxylation sites is 1. The molecular weight excluding hydrogens is 290 g/mol. The number of benzene rings is 1. The fourth-order valence-corrected chi connectivity index (χ4v) is 2.28. The third-order valence-electron chi connectivity index (χ3n) is 3.36. The number of hydrogen-bond acceptors (Lipinski definition) is 6. The number of carbonyl (C=O) groups excluding carboxylic acids is 1. The molecule has 0 spiro atoms. The standard InChI is InChI=1S/C13H13N5O4/c19-12(17-5-6-22-11(7-17)13(20)21)9-3-1-2-4-10(9)18-8-14-15-16-18/h1-4,8,11H,5-7H2,(H,20,21). The van der Waals surface area contributed by atoms with Crippen molar-refractivity contribution in [1.29, 1.82) is 0 Å². The molecule has 1 atom stereocenters. The van der Waals surface area contributed by atoms with E-state index in [-0.39, 0.29) is 19.1 Å². The van der Waals surface area contributed by atoms with E-state index in [1.54, 1.807) is 24.3 Å². The van der Waals surface area contributed by atoms with E-state index in [9.17, 15) is 9.59 Å². The van der Waals surface area contributed by atoms with Gasteiger partial charge in [0.1, 0.15) is 6.33 Å². The van der Waals surface area contributed by atoms with Crippen LogP contribution in [0.4, 0.5) is 0 Å². The Hall–Kier alpha value is -2.81. The van der Waals surface area contributed by atoms with E-state index in [0.29, 0.717) is 17.8 Å². The molecule has 1 aromatic carbocycles. The third-order valence-corrected chi connectivity index (χ3v) is 3.36. The zero-order valence-electron chi connectivity index (χ0n) is 11.5. The molecule has 114 valence electrons. The lowest BCUT2D eigenvalue weighted by molar-refractivity contribution is -0.154. The summed E-state index contributed by atoms with van der Waals surface area (Å²) < 4.78 is 6.52. The Morgan fingerprint density at radius 2 is 2.14 bits per heavy atom. The number of morpholine rings is 1. The SMILES string of the molecule is O=C(O)C1CN(C(=O)c2ccccc2-n2cnnn2)CCO1. The van der Waals surface area contributed by atoms with Crippen LogP contribution in [0.15, 0.2) is 30.6 Å². The molecule has 9 heteroatoms. The molecule has 0 bridgehead atoms. The summed E-state index contributed by atoms with van der Waals surface area (Å²) in [5.74, 6) is -1.35. The first-order chi connectivity index (χ1) is 10.7. The van der Waals surface area contributed by atoms with E-state index in [4.69, 9.17) is 9.84 Å². The Labute approximate surface area is 125 Å². The summed E-state index contributed by atoms with van der Waals surface area (Å²) in [5.41, 5.74) is 0.941. The van der Waals surface area contributed by atoms with Crippen LogP contribution in [0.25, 0.3) is 5.69 Å². The van der Waals surface area contributed by atoms with Crippen molar-refractivity contribution in [3.05, 3.63) is 36.2 Å². The van der Waals surface area contributed by atoms with E-state index in [2.05, 4.69) is 15.5 Å². The van der Waals surface area contributed by atoms with Gasteiger partial charge in [-0.2, -0.15) is 4.68 Å². The lowest BCUT2D eigenvalue weighted by atomic mass is 10.1. The van der Waals surface area contributed by atoms with Crippen molar-refractivity contribution in [2.45, 2.75) is 6.10 Å². The molecule has 2 aromatic rings. The highest BCUT2D eigenvalue weighted by atomic mass is 16.5. The van der Waals surface area contributed by atoms with Gasteiger partial charge in [0, 0.05) is 6.54 Å². The first-order valence-corrected chi connectivity index (χ1v) is 6.63. The van der Waals surface area contributed by atoms with Crippen molar-refractivity contribution in [3.63, 3.8) is 0 Å². The maximum absolute atomic E-state index is 12.7. The molecule has 0 aliphatic carbocycles. The van der Waals surface area contributed by atoms with Gasteiger partial charge in [0.05, 0.1) is 24.4 Å². The van der Waals surface area contributed by atoms with Crippen molar-refractivity contribution in [2.24, 2.45) is 0 Å². The van der Waals surface area contributed by atoms with Crippen molar-refractivity contribution in [1.82, 2.24) is 25.1 Å². The van der Waals surface area contributed by atoms with Crippen LogP contribution in [-0.2, 0) is 9.53 Å². The molecule has 0 radical (unpaired) electrons. The molecule has 1 aliphatic rings. The van der Waals surface area contributed by atoms with Crippen LogP contribution < -0.4 is 0 Å². The number of carboxylic acids is 1. The Morgan fingerprint density at radius 3 is 2.86 bits per heavy atom. The van der Waals surface area contributed by atoms with Gasteiger partial charge in [-0.15, -0.1) is 5.10 Å². The van der Waals surface area contributed by atoms with E-state index >= 15 is 0 Å². The van der Waals surface area contributed by atoms with Gasteiger partial charge in [-0.25, -0.2) is 4.79 Å². The fourth-order valence-electron chi connectivity index (χ4n) is 2.28. The van der Waals surface area contributed by atoms with Crippen molar-refractivity contribution >= 4 is 11.9 Å². The molecule has 2 heterocycles. The molecule has 1 amide bonds. The minimum absolute atomic E-state index is 0.0120. The second-order valence-corrected chi connectivity index (χ2v) is 4.72. The molecule has 3 rings (SSSR count). The summed E-state index contributed by atoms with van der Waals surface area (Å²) in [6.07, 6.45) is 0.392. The normalized spacial score (nSPS) is 18.2. The largest absolute Gasteiger partial charge is 0.479 e. The van der Waals surface area contributed by atoms with Crippen LogP contribution in [0.3, 0.4) is 0 Å². The lowest BCUT2D eigenvalue weighted by Gasteiger charge is -2.31. The van der Waals surface area contributed by atoms with E-state index in [1.807, 2.05) is 0 Å². The summed E-state index contributed by atoms with van der Waals surface area (Å²) in [6, 6.07) is 6.88. The monoisotopic (exact) mass is 303 g/mol. The van der Waals surface area contributed by atoms with Crippen LogP contribution in [0.2, 0.25) is 0 Å². The minimum atomic E-state index is -1.08. The van der Waals surface area contributed by atoms with E-state index in [0.717, 1.165) is 0 Å². The quantitative estimate of drug-likeness (QED) is 0.820. The maximum Gasteiger partial charge on any atom is 0.334 e. The summed E-state index contributed by atoms with van der Waals surface area (Å²) in [6.45, 7) is 0.542. The Bertz CT molecular complexity index is 687. The highest BCUT2D eigenvalue weighted by Crippen LogP contribution is 2.17. The van der Waals surface area contributed by atoms with Gasteiger partial charge < -0.3 is 14.7 Å². The number of carboxylic acid groups (broad SMARTS) is 1. The van der Waals surface area contributed by atoms with Crippen LogP contribution in [0.5, 0.6) is 0 Å². The van der Waals surface area contributed by atoms with Gasteiger partial charge in [0.15, 0.2) is 6.10 Å². The Morgan fingerprint density at radius 1 is 1.32 bits per heavy atom. The molecular formula is C13H13N5O4. The highest BCUT2D eigenvalue weighted by molar-refractivity contribution is 5.98. The molecule has 0 saturated carbocycles. The van der Waals surface area contributed by atoms with Crippen LogP contribution in [-0.4, -0.2) is 67.9 Å². The molecule has 1 aliphatic heterocycles. The van der Waals surface area contributed by atoms with Gasteiger partial charge in [-0.05, 0) is 22.6 Å². The summed E-state index contributed by atoms with van der Waals surface area (Å²) in [4.78, 5) is 25.2.